The van der Waals surface area contributed by atoms with E-state index < -0.39 is 17.7 Å². The molecule has 0 spiro atoms. The lowest BCUT2D eigenvalue weighted by Crippen LogP contribution is -2.12. The second-order valence-electron chi connectivity index (χ2n) is 9.30. The normalized spacial score (nSPS) is 18.5. The van der Waals surface area contributed by atoms with E-state index in [4.69, 9.17) is 4.74 Å². The van der Waals surface area contributed by atoms with Crippen LogP contribution in [-0.4, -0.2) is 15.6 Å². The van der Waals surface area contributed by atoms with Crippen LogP contribution in [0.25, 0.3) is 10.9 Å². The topological polar surface area (TPSA) is 51.5 Å². The van der Waals surface area contributed by atoms with Crippen LogP contribution in [0.3, 0.4) is 0 Å². The molecule has 4 nitrogen and oxygen atoms in total. The molecule has 2 aromatic carbocycles. The number of carboxylic acids is 1. The molecular formula is C26H25BrF3NO3. The van der Waals surface area contributed by atoms with Gasteiger partial charge in [-0.2, -0.15) is 13.2 Å². The van der Waals surface area contributed by atoms with Crippen LogP contribution in [0.4, 0.5) is 13.2 Å². The molecule has 1 N–H and O–H groups in total. The van der Waals surface area contributed by atoms with Crippen molar-refractivity contribution in [2.75, 3.05) is 0 Å². The lowest BCUT2D eigenvalue weighted by atomic mass is 9.91. The van der Waals surface area contributed by atoms with Crippen molar-refractivity contribution in [1.82, 2.24) is 4.57 Å². The summed E-state index contributed by atoms with van der Waals surface area (Å²) in [5, 5.41) is 10.1. The first-order valence-electron chi connectivity index (χ1n) is 11.6. The van der Waals surface area contributed by atoms with Crippen molar-refractivity contribution in [2.24, 2.45) is 0 Å². The van der Waals surface area contributed by atoms with E-state index in [1.165, 1.54) is 6.07 Å². The van der Waals surface area contributed by atoms with Gasteiger partial charge in [0.05, 0.1) is 12.0 Å². The predicted octanol–water partition coefficient (Wildman–Crippen LogP) is 7.62. The maximum atomic E-state index is 13.8. The molecule has 8 heteroatoms. The zero-order valence-corrected chi connectivity index (χ0v) is 20.1. The third kappa shape index (κ3) is 4.32. The summed E-state index contributed by atoms with van der Waals surface area (Å²) >= 11 is 3.64. The molecule has 0 radical (unpaired) electrons. The summed E-state index contributed by atoms with van der Waals surface area (Å²) in [7, 11) is 0. The molecule has 1 fully saturated rings. The van der Waals surface area contributed by atoms with Gasteiger partial charge in [0.2, 0.25) is 0 Å². The van der Waals surface area contributed by atoms with Crippen molar-refractivity contribution in [3.8, 4) is 5.75 Å². The van der Waals surface area contributed by atoms with E-state index in [1.807, 2.05) is 18.2 Å². The number of halogens is 4. The number of aliphatic carboxylic acids is 1. The summed E-state index contributed by atoms with van der Waals surface area (Å²) < 4.78 is 50.2. The molecule has 1 saturated carbocycles. The Bertz CT molecular complexity index is 1240. The Morgan fingerprint density at radius 1 is 1.12 bits per heavy atom. The molecule has 0 bridgehead atoms. The fourth-order valence-corrected chi connectivity index (χ4v) is 6.43. The molecule has 1 aromatic heterocycles. The summed E-state index contributed by atoms with van der Waals surface area (Å²) in [4.78, 5) is 11.2. The molecule has 1 aliphatic heterocycles. The lowest BCUT2D eigenvalue weighted by Gasteiger charge is -2.19. The largest absolute Gasteiger partial charge is 0.489 e. The zero-order chi connectivity index (χ0) is 24.0. The molecule has 3 aromatic rings. The van der Waals surface area contributed by atoms with Crippen molar-refractivity contribution in [3.05, 3.63) is 63.3 Å². The average molecular weight is 536 g/mol. The van der Waals surface area contributed by atoms with E-state index in [2.05, 4.69) is 20.5 Å². The molecule has 34 heavy (non-hydrogen) atoms. The van der Waals surface area contributed by atoms with Gasteiger partial charge in [0, 0.05) is 33.5 Å². The van der Waals surface area contributed by atoms with Gasteiger partial charge in [-0.3, -0.25) is 4.79 Å². The van der Waals surface area contributed by atoms with Gasteiger partial charge in [0.1, 0.15) is 12.4 Å². The molecule has 0 amide bonds. The van der Waals surface area contributed by atoms with Crippen LogP contribution in [0.15, 0.2) is 40.9 Å². The highest BCUT2D eigenvalue weighted by Gasteiger charge is 2.36. The van der Waals surface area contributed by atoms with E-state index in [0.29, 0.717) is 16.9 Å². The maximum Gasteiger partial charge on any atom is 0.416 e. The van der Waals surface area contributed by atoms with E-state index in [1.54, 1.807) is 12.1 Å². The molecule has 2 aliphatic rings. The number of aromatic nitrogens is 1. The van der Waals surface area contributed by atoms with Crippen molar-refractivity contribution in [3.63, 3.8) is 0 Å². The summed E-state index contributed by atoms with van der Waals surface area (Å²) in [5.41, 5.74) is 2.30. The van der Waals surface area contributed by atoms with E-state index in [-0.39, 0.29) is 24.9 Å². The molecule has 5 rings (SSSR count). The Morgan fingerprint density at radius 2 is 1.88 bits per heavy atom. The number of nitrogens with zero attached hydrogens (tertiary/aromatic N) is 1. The Labute approximate surface area is 203 Å². The quantitative estimate of drug-likeness (QED) is 0.353. The standard InChI is InChI=1S/C26H25BrF3NO3/c27-24-20-13-18(6-8-22(20)31-10-9-17(25(24)31)12-23(32)33)34-14-15-5-7-19(16-3-1-2-4-16)21(11-15)26(28,29)30/h5-8,11,13,16-17H,1-4,9-10,12,14H2,(H,32,33)/t17-/m1/s1. The van der Waals surface area contributed by atoms with E-state index in [9.17, 15) is 23.1 Å². The molecule has 180 valence electrons. The Hall–Kier alpha value is -2.48. The number of alkyl halides is 3. The van der Waals surface area contributed by atoms with Crippen LogP contribution in [0.5, 0.6) is 5.75 Å². The van der Waals surface area contributed by atoms with Crippen LogP contribution in [-0.2, 0) is 24.1 Å². The van der Waals surface area contributed by atoms with Gasteiger partial charge in [0.15, 0.2) is 0 Å². The maximum absolute atomic E-state index is 13.8. The van der Waals surface area contributed by atoms with Crippen LogP contribution in [0, 0.1) is 0 Å². The first-order chi connectivity index (χ1) is 16.2. The Kier molecular flexibility index (Phi) is 6.12. The number of aryl methyl sites for hydroxylation is 1. The second-order valence-corrected chi connectivity index (χ2v) is 10.1. The minimum absolute atomic E-state index is 0.0203. The molecule has 1 aliphatic carbocycles. The number of rotatable bonds is 6. The number of carboxylic acid groups (broad SMARTS) is 1. The summed E-state index contributed by atoms with van der Waals surface area (Å²) in [6, 6.07) is 10.2. The highest BCUT2D eigenvalue weighted by molar-refractivity contribution is 9.10. The van der Waals surface area contributed by atoms with Crippen LogP contribution in [0.1, 0.15) is 72.7 Å². The number of fused-ring (bicyclic) bond motifs is 3. The van der Waals surface area contributed by atoms with Crippen molar-refractivity contribution in [1.29, 1.82) is 0 Å². The van der Waals surface area contributed by atoms with Crippen molar-refractivity contribution in [2.45, 2.75) is 69.7 Å². The van der Waals surface area contributed by atoms with Gasteiger partial charge in [0.25, 0.3) is 0 Å². The van der Waals surface area contributed by atoms with Gasteiger partial charge in [-0.25, -0.2) is 0 Å². The number of benzene rings is 2. The molecule has 1 atom stereocenters. The lowest BCUT2D eigenvalue weighted by molar-refractivity contribution is -0.139. The molecule has 0 unspecified atom stereocenters. The third-order valence-corrected chi connectivity index (χ3v) is 7.98. The van der Waals surface area contributed by atoms with E-state index in [0.717, 1.165) is 59.7 Å². The van der Waals surface area contributed by atoms with Crippen LogP contribution < -0.4 is 4.74 Å². The average Bonchev–Trinajstić information content (AvgIpc) is 3.51. The molecule has 2 heterocycles. The Morgan fingerprint density at radius 3 is 2.59 bits per heavy atom. The van der Waals surface area contributed by atoms with Crippen molar-refractivity contribution < 1.29 is 27.8 Å². The second kappa shape index (κ2) is 8.95. The number of hydrogen-bond donors (Lipinski definition) is 1. The zero-order valence-electron chi connectivity index (χ0n) is 18.5. The predicted molar refractivity (Wildman–Crippen MR) is 126 cm³/mol. The highest BCUT2D eigenvalue weighted by Crippen LogP contribution is 2.44. The summed E-state index contributed by atoms with van der Waals surface area (Å²) in [5.74, 6) is -0.339. The number of carbonyl (C=O) groups is 1. The summed E-state index contributed by atoms with van der Waals surface area (Å²) in [6.45, 7) is 0.787. The number of ether oxygens (including phenoxy) is 1. The smallest absolute Gasteiger partial charge is 0.416 e. The highest BCUT2D eigenvalue weighted by atomic mass is 79.9. The van der Waals surface area contributed by atoms with Gasteiger partial charge >= 0.3 is 12.1 Å². The van der Waals surface area contributed by atoms with Crippen LogP contribution in [0.2, 0.25) is 0 Å². The Balaban J connectivity index is 1.38. The van der Waals surface area contributed by atoms with E-state index >= 15 is 0 Å². The monoisotopic (exact) mass is 535 g/mol. The number of hydrogen-bond acceptors (Lipinski definition) is 2. The SMILES string of the molecule is O=C(O)C[C@H]1CCn2c1c(Br)c1cc(OCc3ccc(C4CCCC4)c(C(F)(F)F)c3)ccc12. The van der Waals surface area contributed by atoms with Gasteiger partial charge in [-0.15, -0.1) is 0 Å². The van der Waals surface area contributed by atoms with Gasteiger partial charge in [-0.05, 0) is 76.5 Å². The van der Waals surface area contributed by atoms with Gasteiger partial charge in [-0.1, -0.05) is 25.0 Å². The first-order valence-corrected chi connectivity index (χ1v) is 12.4. The minimum atomic E-state index is -4.39. The fourth-order valence-electron chi connectivity index (χ4n) is 5.57. The van der Waals surface area contributed by atoms with Crippen LogP contribution >= 0.6 is 15.9 Å². The summed E-state index contributed by atoms with van der Waals surface area (Å²) in [6.07, 6.45) is 0.0447. The van der Waals surface area contributed by atoms with Gasteiger partial charge < -0.3 is 14.4 Å². The molecular weight excluding hydrogens is 511 g/mol. The van der Waals surface area contributed by atoms with Crippen molar-refractivity contribution >= 4 is 32.8 Å². The molecule has 0 saturated heterocycles. The fraction of sp³-hybridized carbons (Fsp3) is 0.423. The third-order valence-electron chi connectivity index (χ3n) is 7.14. The minimum Gasteiger partial charge on any atom is -0.489 e. The first kappa shape index (κ1) is 23.3.